The molecule has 1 aliphatic carbocycles. The van der Waals surface area contributed by atoms with Crippen LogP contribution in [0.3, 0.4) is 0 Å². The molecular weight excluding hydrogens is 352 g/mol. The fourth-order valence-electron chi connectivity index (χ4n) is 3.55. The Labute approximate surface area is 157 Å². The minimum atomic E-state index is -3.63. The van der Waals surface area contributed by atoms with Gasteiger partial charge >= 0.3 is 0 Å². The lowest BCUT2D eigenvalue weighted by atomic mass is 9.94. The molecule has 1 aliphatic rings. The van der Waals surface area contributed by atoms with Gasteiger partial charge in [-0.1, -0.05) is 33.1 Å². The van der Waals surface area contributed by atoms with Gasteiger partial charge in [-0.3, -0.25) is 4.79 Å². The molecule has 6 nitrogen and oxygen atoms in total. The molecule has 7 heteroatoms. The minimum absolute atomic E-state index is 0.127. The van der Waals surface area contributed by atoms with E-state index in [0.717, 1.165) is 25.7 Å². The van der Waals surface area contributed by atoms with Gasteiger partial charge in [-0.2, -0.15) is 4.31 Å². The third-order valence-corrected chi connectivity index (χ3v) is 7.23. The molecule has 0 aliphatic heterocycles. The molecule has 0 radical (unpaired) electrons. The maximum atomic E-state index is 13.0. The molecule has 1 amide bonds. The van der Waals surface area contributed by atoms with E-state index in [4.69, 9.17) is 4.74 Å². The molecule has 0 heterocycles. The highest BCUT2D eigenvalue weighted by Gasteiger charge is 2.28. The van der Waals surface area contributed by atoms with Gasteiger partial charge < -0.3 is 9.64 Å². The van der Waals surface area contributed by atoms with Crippen molar-refractivity contribution < 1.29 is 17.9 Å². The number of rotatable bonds is 7. The molecule has 1 aromatic carbocycles. The van der Waals surface area contributed by atoms with Crippen molar-refractivity contribution in [1.29, 1.82) is 0 Å². The van der Waals surface area contributed by atoms with Crippen LogP contribution in [0.5, 0.6) is 5.75 Å². The summed E-state index contributed by atoms with van der Waals surface area (Å²) in [5.74, 6) is 0.210. The fourth-order valence-corrected chi connectivity index (χ4v) is 5.04. The summed E-state index contributed by atoms with van der Waals surface area (Å²) < 4.78 is 32.3. The van der Waals surface area contributed by atoms with Crippen molar-refractivity contribution in [3.05, 3.63) is 23.8 Å². The van der Waals surface area contributed by atoms with Crippen LogP contribution in [0.4, 0.5) is 0 Å². The van der Waals surface area contributed by atoms with Crippen molar-refractivity contribution in [2.75, 3.05) is 27.2 Å². The normalized spacial score (nSPS) is 15.9. The Morgan fingerprint density at radius 3 is 2.31 bits per heavy atom. The van der Waals surface area contributed by atoms with Crippen molar-refractivity contribution in [2.45, 2.75) is 56.9 Å². The Hall–Kier alpha value is -1.60. The number of nitrogens with zero attached hydrogens (tertiary/aromatic N) is 2. The number of hydrogen-bond donors (Lipinski definition) is 0. The van der Waals surface area contributed by atoms with E-state index in [2.05, 4.69) is 0 Å². The molecule has 0 spiro atoms. The predicted molar refractivity (Wildman–Crippen MR) is 102 cm³/mol. The van der Waals surface area contributed by atoms with Crippen molar-refractivity contribution in [2.24, 2.45) is 0 Å². The van der Waals surface area contributed by atoms with Crippen LogP contribution in [0, 0.1) is 0 Å². The summed E-state index contributed by atoms with van der Waals surface area (Å²) in [6.07, 6.45) is 5.43. The number of carbonyl (C=O) groups excluding carboxylic acids is 1. The molecule has 1 saturated carbocycles. The van der Waals surface area contributed by atoms with Gasteiger partial charge in [-0.15, -0.1) is 0 Å². The molecule has 1 fully saturated rings. The lowest BCUT2D eigenvalue weighted by Crippen LogP contribution is -2.38. The number of sulfonamides is 1. The van der Waals surface area contributed by atoms with Crippen LogP contribution >= 0.6 is 0 Å². The van der Waals surface area contributed by atoms with Gasteiger partial charge in [0.1, 0.15) is 5.75 Å². The summed E-state index contributed by atoms with van der Waals surface area (Å²) >= 11 is 0. The topological polar surface area (TPSA) is 66.9 Å². The third-order valence-electron chi connectivity index (χ3n) is 5.19. The second-order valence-corrected chi connectivity index (χ2v) is 8.60. The number of hydrogen-bond acceptors (Lipinski definition) is 4. The van der Waals surface area contributed by atoms with E-state index in [1.54, 1.807) is 31.9 Å². The van der Waals surface area contributed by atoms with Crippen LogP contribution in [0.2, 0.25) is 0 Å². The van der Waals surface area contributed by atoms with Crippen LogP contribution in [0.25, 0.3) is 0 Å². The standard InChI is InChI=1S/C19H30N2O4S/c1-5-21(6-2)26(23,24)16-12-13-18(25-4)17(14-16)19(22)20(3)15-10-8-7-9-11-15/h12-15H,5-11H2,1-4H3. The SMILES string of the molecule is CCN(CC)S(=O)(=O)c1ccc(OC)c(C(=O)N(C)C2CCCCC2)c1. The number of ether oxygens (including phenoxy) is 1. The second kappa shape index (κ2) is 8.86. The summed E-state index contributed by atoms with van der Waals surface area (Å²) in [6, 6.07) is 4.72. The molecule has 26 heavy (non-hydrogen) atoms. The zero-order chi connectivity index (χ0) is 19.3. The number of amides is 1. The van der Waals surface area contributed by atoms with Crippen LogP contribution in [-0.4, -0.2) is 56.8 Å². The quantitative estimate of drug-likeness (QED) is 0.727. The van der Waals surface area contributed by atoms with E-state index in [1.165, 1.54) is 30.0 Å². The zero-order valence-corrected chi connectivity index (χ0v) is 17.0. The Morgan fingerprint density at radius 2 is 1.77 bits per heavy atom. The number of methoxy groups -OCH3 is 1. The van der Waals surface area contributed by atoms with Gasteiger partial charge in [0, 0.05) is 26.2 Å². The Bertz CT molecular complexity index is 723. The van der Waals surface area contributed by atoms with Crippen molar-refractivity contribution >= 4 is 15.9 Å². The maximum absolute atomic E-state index is 13.0. The molecule has 0 unspecified atom stereocenters. The molecule has 0 atom stereocenters. The second-order valence-electron chi connectivity index (χ2n) is 6.66. The first-order chi connectivity index (χ1) is 12.4. The molecular formula is C19H30N2O4S. The summed E-state index contributed by atoms with van der Waals surface area (Å²) in [7, 11) is -0.339. The lowest BCUT2D eigenvalue weighted by molar-refractivity contribution is 0.0692. The molecule has 0 N–H and O–H groups in total. The summed E-state index contributed by atoms with van der Waals surface area (Å²) in [6.45, 7) is 4.37. The Balaban J connectivity index is 2.39. The molecule has 146 valence electrons. The monoisotopic (exact) mass is 382 g/mol. The molecule has 0 bridgehead atoms. The van der Waals surface area contributed by atoms with Crippen LogP contribution < -0.4 is 4.74 Å². The zero-order valence-electron chi connectivity index (χ0n) is 16.2. The van der Waals surface area contributed by atoms with E-state index in [0.29, 0.717) is 24.4 Å². The van der Waals surface area contributed by atoms with E-state index >= 15 is 0 Å². The first-order valence-corrected chi connectivity index (χ1v) is 10.8. The highest BCUT2D eigenvalue weighted by molar-refractivity contribution is 7.89. The molecule has 2 rings (SSSR count). The molecule has 0 aromatic heterocycles. The van der Waals surface area contributed by atoms with Crippen molar-refractivity contribution in [1.82, 2.24) is 9.21 Å². The Kier molecular flexibility index (Phi) is 7.06. The van der Waals surface area contributed by atoms with Gasteiger partial charge in [-0.05, 0) is 31.0 Å². The van der Waals surface area contributed by atoms with Gasteiger partial charge in [0.05, 0.1) is 17.6 Å². The smallest absolute Gasteiger partial charge is 0.257 e. The van der Waals surface area contributed by atoms with Crippen LogP contribution in [-0.2, 0) is 10.0 Å². The average molecular weight is 383 g/mol. The summed E-state index contributed by atoms with van der Waals surface area (Å²) in [5.41, 5.74) is 0.300. The first-order valence-electron chi connectivity index (χ1n) is 9.32. The van der Waals surface area contributed by atoms with Crippen molar-refractivity contribution in [3.8, 4) is 5.75 Å². The first kappa shape index (κ1) is 20.7. The highest BCUT2D eigenvalue weighted by atomic mass is 32.2. The van der Waals surface area contributed by atoms with Gasteiger partial charge in [0.25, 0.3) is 5.91 Å². The van der Waals surface area contributed by atoms with E-state index in [-0.39, 0.29) is 16.8 Å². The average Bonchev–Trinajstić information content (AvgIpc) is 2.67. The minimum Gasteiger partial charge on any atom is -0.496 e. The maximum Gasteiger partial charge on any atom is 0.257 e. The summed E-state index contributed by atoms with van der Waals surface area (Å²) in [5, 5.41) is 0. The van der Waals surface area contributed by atoms with E-state index in [9.17, 15) is 13.2 Å². The van der Waals surface area contributed by atoms with E-state index < -0.39 is 10.0 Å². The lowest BCUT2D eigenvalue weighted by Gasteiger charge is -2.31. The van der Waals surface area contributed by atoms with E-state index in [1.807, 2.05) is 0 Å². The number of carbonyl (C=O) groups is 1. The van der Waals surface area contributed by atoms with Gasteiger partial charge in [-0.25, -0.2) is 8.42 Å². The van der Waals surface area contributed by atoms with Gasteiger partial charge in [0.15, 0.2) is 0 Å². The molecule has 0 saturated heterocycles. The number of benzene rings is 1. The third kappa shape index (κ3) is 4.20. The summed E-state index contributed by atoms with van der Waals surface area (Å²) in [4.78, 5) is 14.9. The fraction of sp³-hybridized carbons (Fsp3) is 0.632. The largest absolute Gasteiger partial charge is 0.496 e. The Morgan fingerprint density at radius 1 is 1.15 bits per heavy atom. The highest BCUT2D eigenvalue weighted by Crippen LogP contribution is 2.28. The van der Waals surface area contributed by atoms with Crippen LogP contribution in [0.1, 0.15) is 56.3 Å². The van der Waals surface area contributed by atoms with Crippen LogP contribution in [0.15, 0.2) is 23.1 Å². The van der Waals surface area contributed by atoms with Gasteiger partial charge in [0.2, 0.25) is 10.0 Å². The predicted octanol–water partition coefficient (Wildman–Crippen LogP) is 3.13. The molecule has 1 aromatic rings. The van der Waals surface area contributed by atoms with Crippen molar-refractivity contribution in [3.63, 3.8) is 0 Å².